The van der Waals surface area contributed by atoms with Crippen LogP contribution in [0, 0.1) is 13.8 Å². The van der Waals surface area contributed by atoms with Crippen molar-refractivity contribution in [3.05, 3.63) is 31.4 Å². The van der Waals surface area contributed by atoms with Crippen LogP contribution >= 0.6 is 0 Å². The maximum atomic E-state index is 10.9. The maximum absolute atomic E-state index is 10.9. The van der Waals surface area contributed by atoms with Crippen molar-refractivity contribution >= 4 is 11.7 Å². The van der Waals surface area contributed by atoms with Crippen molar-refractivity contribution in [2.24, 2.45) is 0 Å². The van der Waals surface area contributed by atoms with Crippen LogP contribution in [0.2, 0.25) is 0 Å². The fourth-order valence-electron chi connectivity index (χ4n) is 1.25. The quantitative estimate of drug-likeness (QED) is 0.730. The first-order chi connectivity index (χ1) is 6.77. The molecule has 1 amide bonds. The largest absolute Gasteiger partial charge is 0.346 e. The maximum Gasteiger partial charge on any atom is 0.223 e. The number of carbonyl (C=O) groups is 1. The molecule has 1 N–H and O–H groups in total. The van der Waals surface area contributed by atoms with Gasteiger partial charge in [-0.3, -0.25) is 9.78 Å². The van der Waals surface area contributed by atoms with E-state index in [4.69, 9.17) is 0 Å². The number of hydrogen-bond acceptors (Lipinski definition) is 3. The van der Waals surface area contributed by atoms with Crippen LogP contribution in [0.1, 0.15) is 24.6 Å². The number of amides is 1. The molecule has 0 fully saturated rings. The van der Waals surface area contributed by atoms with Crippen LogP contribution in [0.25, 0.3) is 0 Å². The second kappa shape index (κ2) is 6.91. The van der Waals surface area contributed by atoms with Gasteiger partial charge in [0.1, 0.15) is 6.33 Å². The van der Waals surface area contributed by atoms with Crippen LogP contribution in [-0.4, -0.2) is 15.9 Å². The van der Waals surface area contributed by atoms with Gasteiger partial charge in [-0.2, -0.15) is 6.92 Å². The van der Waals surface area contributed by atoms with Gasteiger partial charge in [0.25, 0.3) is 0 Å². The SMILES string of the molecule is [CH2-]C.[CH2-]c1ncnc2c1CCC(=O)N2.[Y]. The van der Waals surface area contributed by atoms with Crippen molar-refractivity contribution < 1.29 is 37.5 Å². The molecule has 4 nitrogen and oxygen atoms in total. The molecule has 1 aromatic heterocycles. The number of carbonyl (C=O) groups excluding carboxylic acids is 1. The van der Waals surface area contributed by atoms with Gasteiger partial charge < -0.3 is 12.2 Å². The molecule has 79 valence electrons. The molecule has 0 bridgehead atoms. The molecule has 2 rings (SSSR count). The normalized spacial score (nSPS) is 12.5. The molecular formula is C10H13N3OY-2. The summed E-state index contributed by atoms with van der Waals surface area (Å²) < 4.78 is 0. The third kappa shape index (κ3) is 3.54. The van der Waals surface area contributed by atoms with Crippen LogP contribution in [0.3, 0.4) is 0 Å². The van der Waals surface area contributed by atoms with Crippen LogP contribution < -0.4 is 5.32 Å². The van der Waals surface area contributed by atoms with Gasteiger partial charge in [-0.1, -0.05) is 12.1 Å². The summed E-state index contributed by atoms with van der Waals surface area (Å²) in [5.74, 6) is 0.631. The van der Waals surface area contributed by atoms with Crippen molar-refractivity contribution in [2.45, 2.75) is 19.8 Å². The van der Waals surface area contributed by atoms with Crippen molar-refractivity contribution in [3.63, 3.8) is 0 Å². The third-order valence-corrected chi connectivity index (χ3v) is 1.89. The van der Waals surface area contributed by atoms with Gasteiger partial charge in [-0.15, -0.1) is 5.56 Å². The smallest absolute Gasteiger partial charge is 0.223 e. The minimum Gasteiger partial charge on any atom is -0.346 e. The second-order valence-corrected chi connectivity index (χ2v) is 2.70. The summed E-state index contributed by atoms with van der Waals surface area (Å²) in [5.41, 5.74) is 1.66. The van der Waals surface area contributed by atoms with Gasteiger partial charge in [0.2, 0.25) is 5.91 Å². The van der Waals surface area contributed by atoms with Crippen LogP contribution in [0.5, 0.6) is 0 Å². The Hall–Kier alpha value is -0.476. The van der Waals surface area contributed by atoms with Gasteiger partial charge in [-0.05, 0) is 0 Å². The Morgan fingerprint density at radius 3 is 2.67 bits per heavy atom. The first-order valence-electron chi connectivity index (χ1n) is 4.44. The fourth-order valence-corrected chi connectivity index (χ4v) is 1.25. The van der Waals surface area contributed by atoms with E-state index >= 15 is 0 Å². The van der Waals surface area contributed by atoms with Crippen molar-refractivity contribution in [1.29, 1.82) is 0 Å². The number of fused-ring (bicyclic) bond motifs is 1. The molecule has 0 aliphatic carbocycles. The average molecular weight is 280 g/mol. The Kier molecular flexibility index (Phi) is 6.69. The summed E-state index contributed by atoms with van der Waals surface area (Å²) in [4.78, 5) is 18.8. The zero-order chi connectivity index (χ0) is 10.6. The van der Waals surface area contributed by atoms with Crippen LogP contribution in [0.15, 0.2) is 6.33 Å². The molecule has 0 saturated heterocycles. The number of hydrogen-bond donors (Lipinski definition) is 1. The van der Waals surface area contributed by atoms with Crippen molar-refractivity contribution in [3.8, 4) is 0 Å². The van der Waals surface area contributed by atoms with E-state index in [1.165, 1.54) is 6.33 Å². The first kappa shape index (κ1) is 14.5. The Labute approximate surface area is 115 Å². The van der Waals surface area contributed by atoms with Gasteiger partial charge in [-0.25, -0.2) is 11.9 Å². The molecule has 2 heterocycles. The number of rotatable bonds is 0. The molecule has 1 aromatic rings. The molecule has 1 radical (unpaired) electrons. The van der Waals surface area contributed by atoms with Gasteiger partial charge in [0, 0.05) is 39.1 Å². The predicted octanol–water partition coefficient (Wildman–Crippen LogP) is 1.38. The van der Waals surface area contributed by atoms with Gasteiger partial charge in [0.15, 0.2) is 0 Å². The molecular weight excluding hydrogens is 267 g/mol. The Balaban J connectivity index is 0.000000617. The van der Waals surface area contributed by atoms with E-state index in [2.05, 4.69) is 29.1 Å². The number of aromatic nitrogens is 2. The molecule has 0 aromatic carbocycles. The number of nitrogens with zero attached hydrogens (tertiary/aromatic N) is 2. The molecule has 5 heteroatoms. The van der Waals surface area contributed by atoms with Gasteiger partial charge >= 0.3 is 0 Å². The third-order valence-electron chi connectivity index (χ3n) is 1.89. The van der Waals surface area contributed by atoms with E-state index in [1.54, 1.807) is 6.92 Å². The number of nitrogens with one attached hydrogen (secondary N) is 1. The van der Waals surface area contributed by atoms with E-state index in [0.29, 0.717) is 24.4 Å². The monoisotopic (exact) mass is 280 g/mol. The van der Waals surface area contributed by atoms with E-state index in [1.807, 2.05) is 0 Å². The molecule has 15 heavy (non-hydrogen) atoms. The Bertz CT molecular complexity index is 341. The zero-order valence-corrected chi connectivity index (χ0v) is 11.6. The van der Waals surface area contributed by atoms with Crippen molar-refractivity contribution in [2.75, 3.05) is 5.32 Å². The minimum atomic E-state index is 0. The summed E-state index contributed by atoms with van der Waals surface area (Å²) >= 11 is 0. The summed E-state index contributed by atoms with van der Waals surface area (Å²) in [7, 11) is 0. The van der Waals surface area contributed by atoms with Crippen LogP contribution in [0.4, 0.5) is 5.82 Å². The molecule has 0 atom stereocenters. The predicted molar refractivity (Wildman–Crippen MR) is 54.5 cm³/mol. The molecule has 0 spiro atoms. The standard InChI is InChI=1S/C8H8N3O.C2H5.Y/c1-5-6-2-3-7(12)11-8(6)10-4-9-5;1-2;/h4H,1-3H2,(H,9,10,11,12);1H2,2H3;/q2*-1;. The summed E-state index contributed by atoms with van der Waals surface area (Å²) in [6, 6.07) is 0. The Morgan fingerprint density at radius 1 is 1.33 bits per heavy atom. The number of anilines is 1. The Morgan fingerprint density at radius 2 is 2.00 bits per heavy atom. The van der Waals surface area contributed by atoms with E-state index in [9.17, 15) is 4.79 Å². The fraction of sp³-hybridized carbons (Fsp3) is 0.300. The molecule has 1 aliphatic heterocycles. The van der Waals surface area contributed by atoms with Crippen molar-refractivity contribution in [1.82, 2.24) is 9.97 Å². The molecule has 0 unspecified atom stereocenters. The second-order valence-electron chi connectivity index (χ2n) is 2.70. The zero-order valence-electron chi connectivity index (χ0n) is 8.79. The van der Waals surface area contributed by atoms with E-state index < -0.39 is 0 Å². The first-order valence-corrected chi connectivity index (χ1v) is 4.44. The minimum absolute atomic E-state index is 0. The molecule has 1 aliphatic rings. The summed E-state index contributed by atoms with van der Waals surface area (Å²) in [6.07, 6.45) is 2.61. The van der Waals surface area contributed by atoms with E-state index in [-0.39, 0.29) is 38.6 Å². The van der Waals surface area contributed by atoms with E-state index in [0.717, 1.165) is 5.56 Å². The summed E-state index contributed by atoms with van der Waals surface area (Å²) in [5, 5.41) is 2.67. The average Bonchev–Trinajstić information content (AvgIpc) is 2.21. The molecule has 0 saturated carbocycles. The van der Waals surface area contributed by atoms with Crippen LogP contribution in [-0.2, 0) is 43.9 Å². The summed E-state index contributed by atoms with van der Waals surface area (Å²) in [6.45, 7) is 8.76. The topological polar surface area (TPSA) is 54.9 Å². The van der Waals surface area contributed by atoms with Gasteiger partial charge in [0.05, 0.1) is 5.82 Å².